The third kappa shape index (κ3) is 22.8. The summed E-state index contributed by atoms with van der Waals surface area (Å²) in [7, 11) is 0. The van der Waals surface area contributed by atoms with Gasteiger partial charge in [-0.25, -0.2) is 0 Å². The van der Waals surface area contributed by atoms with E-state index in [0.29, 0.717) is 0 Å². The summed E-state index contributed by atoms with van der Waals surface area (Å²) in [5.41, 5.74) is 0. The maximum Gasteiger partial charge on any atom is 3.00 e. The molecule has 0 rings (SSSR count). The summed E-state index contributed by atoms with van der Waals surface area (Å²) in [6, 6.07) is 0. The van der Waals surface area contributed by atoms with Gasteiger partial charge in [-0.15, -0.1) is 0 Å². The third-order valence-electron chi connectivity index (χ3n) is 0. The number of rotatable bonds is 0. The molecule has 0 aromatic heterocycles. The van der Waals surface area contributed by atoms with E-state index in [2.05, 4.69) is 0 Å². The van der Waals surface area contributed by atoms with Gasteiger partial charge in [0.1, 0.15) is 0 Å². The van der Waals surface area contributed by atoms with E-state index in [1.165, 1.54) is 0 Å². The van der Waals surface area contributed by atoms with Gasteiger partial charge in [0.2, 0.25) is 0 Å². The molecule has 34 valence electrons. The van der Waals surface area contributed by atoms with Crippen molar-refractivity contribution in [1.29, 1.82) is 0 Å². The van der Waals surface area contributed by atoms with Gasteiger partial charge < -0.3 is 95.9 Å². The topological polar surface area (TPSA) is 0 Å². The largest absolute Gasteiger partial charge is 3.00 e. The molecule has 0 bridgehead atoms. The van der Waals surface area contributed by atoms with Crippen molar-refractivity contribution in [3.05, 3.63) is 0 Å². The Balaban J connectivity index is 0. The van der Waals surface area contributed by atoms with Gasteiger partial charge >= 0.3 is 75.8 Å². The standard InChI is InChI=1S/4HI.K.Sb/h4*1H;;/q;;;;+1;+3/p-4. The second-order valence-electron chi connectivity index (χ2n) is 0. The van der Waals surface area contributed by atoms with Crippen molar-refractivity contribution in [2.24, 2.45) is 0 Å². The van der Waals surface area contributed by atoms with Crippen LogP contribution in [0.15, 0.2) is 0 Å². The van der Waals surface area contributed by atoms with E-state index in [1.54, 1.807) is 0 Å². The first-order valence-electron chi connectivity index (χ1n) is 0. The quantitative estimate of drug-likeness (QED) is 0.178. The Morgan fingerprint density at radius 3 is 0.500 bits per heavy atom. The second-order valence-corrected chi connectivity index (χ2v) is 0. The van der Waals surface area contributed by atoms with Crippen LogP contribution in [-0.2, 0) is 0 Å². The average molecular weight is 668 g/mol. The van der Waals surface area contributed by atoms with E-state index < -0.39 is 0 Å². The summed E-state index contributed by atoms with van der Waals surface area (Å²) in [4.78, 5) is 0. The van der Waals surface area contributed by atoms with Crippen LogP contribution in [0, 0.1) is 0 Å². The summed E-state index contributed by atoms with van der Waals surface area (Å²) in [6.07, 6.45) is 0. The van der Waals surface area contributed by atoms with Crippen molar-refractivity contribution >= 4 is 24.4 Å². The molecule has 0 amide bonds. The summed E-state index contributed by atoms with van der Waals surface area (Å²) in [6.45, 7) is 0. The minimum atomic E-state index is 0. The molecule has 0 aliphatic rings. The number of hydrogen-bond donors (Lipinski definition) is 0. The normalized spacial score (nSPS) is 0. The predicted octanol–water partition coefficient (Wildman–Crippen LogP) is -15.4. The zero-order valence-electron chi connectivity index (χ0n) is 2.96. The molecule has 6 heavy (non-hydrogen) atoms. The van der Waals surface area contributed by atoms with Gasteiger partial charge in [0.25, 0.3) is 0 Å². The monoisotopic (exact) mass is 667 g/mol. The first-order chi connectivity index (χ1) is 0. The summed E-state index contributed by atoms with van der Waals surface area (Å²) in [5, 5.41) is 0. The molecule has 0 saturated carbocycles. The molecule has 0 unspecified atom stereocenters. The Bertz CT molecular complexity index is 7.51. The van der Waals surface area contributed by atoms with Crippen molar-refractivity contribution in [1.82, 2.24) is 0 Å². The number of hydrogen-bond acceptors (Lipinski definition) is 0. The molecule has 2 radical (unpaired) electrons. The molecular formula is I4KSb. The van der Waals surface area contributed by atoms with E-state index in [4.69, 9.17) is 0 Å². The molecule has 0 heterocycles. The van der Waals surface area contributed by atoms with Crippen molar-refractivity contribution < 1.29 is 147 Å². The van der Waals surface area contributed by atoms with Crippen LogP contribution in [0.1, 0.15) is 0 Å². The van der Waals surface area contributed by atoms with Crippen molar-refractivity contribution in [2.75, 3.05) is 0 Å². The Morgan fingerprint density at radius 2 is 0.500 bits per heavy atom. The molecular weight excluding hydrogens is 668 g/mol. The van der Waals surface area contributed by atoms with Gasteiger partial charge in [-0.3, -0.25) is 0 Å². The van der Waals surface area contributed by atoms with Crippen LogP contribution in [0.3, 0.4) is 0 Å². The molecule has 0 aromatic rings. The number of halogens is 4. The van der Waals surface area contributed by atoms with Crippen molar-refractivity contribution in [2.45, 2.75) is 0 Å². The van der Waals surface area contributed by atoms with Crippen LogP contribution in [0.2, 0.25) is 0 Å². The zero-order chi connectivity index (χ0) is 0. The maximum atomic E-state index is 0. The molecule has 0 N–H and O–H groups in total. The Morgan fingerprint density at radius 1 is 0.500 bits per heavy atom. The van der Waals surface area contributed by atoms with Crippen LogP contribution in [0.4, 0.5) is 0 Å². The Kier molecular flexibility index (Phi) is 223. The first-order valence-corrected chi connectivity index (χ1v) is 0. The predicted molar refractivity (Wildman–Crippen MR) is 5.75 cm³/mol. The average Bonchev–Trinajstić information content (AvgIpc) is 0. The SMILES string of the molecule is [I-].[I-].[I-].[I-].[K+].[Sb+3]. The molecule has 0 aliphatic heterocycles. The second kappa shape index (κ2) is 31.6. The fourth-order valence-corrected chi connectivity index (χ4v) is 0. The zero-order valence-corrected chi connectivity index (χ0v) is 17.3. The van der Waals surface area contributed by atoms with E-state index in [0.717, 1.165) is 0 Å². The van der Waals surface area contributed by atoms with E-state index in [9.17, 15) is 0 Å². The van der Waals surface area contributed by atoms with Crippen LogP contribution in [0.25, 0.3) is 0 Å². The van der Waals surface area contributed by atoms with Gasteiger partial charge in [-0.2, -0.15) is 0 Å². The minimum Gasteiger partial charge on any atom is -1.00 e. The molecule has 0 fully saturated rings. The van der Waals surface area contributed by atoms with Crippen LogP contribution in [0.5, 0.6) is 0 Å². The van der Waals surface area contributed by atoms with Gasteiger partial charge in [-0.1, -0.05) is 0 Å². The molecule has 6 heteroatoms. The Hall–Kier alpha value is 5.37. The van der Waals surface area contributed by atoms with Gasteiger partial charge in [-0.05, 0) is 0 Å². The summed E-state index contributed by atoms with van der Waals surface area (Å²) >= 11 is 0. The van der Waals surface area contributed by atoms with Gasteiger partial charge in [0.15, 0.2) is 0 Å². The van der Waals surface area contributed by atoms with E-state index in [-0.39, 0.29) is 172 Å². The summed E-state index contributed by atoms with van der Waals surface area (Å²) < 4.78 is 0. The molecule has 0 nitrogen and oxygen atoms in total. The smallest absolute Gasteiger partial charge is 1.00 e. The first kappa shape index (κ1) is 42.4. The fraction of sp³-hybridized carbons (Fsp3) is 0. The Labute approximate surface area is 166 Å². The van der Waals surface area contributed by atoms with Crippen LogP contribution >= 0.6 is 0 Å². The summed E-state index contributed by atoms with van der Waals surface area (Å²) in [5.74, 6) is 0. The fourth-order valence-electron chi connectivity index (χ4n) is 0. The van der Waals surface area contributed by atoms with Crippen molar-refractivity contribution in [3.8, 4) is 0 Å². The molecule has 0 aliphatic carbocycles. The van der Waals surface area contributed by atoms with Crippen LogP contribution < -0.4 is 147 Å². The molecule has 0 saturated heterocycles. The molecule has 0 atom stereocenters. The van der Waals surface area contributed by atoms with Gasteiger partial charge in [0.05, 0.1) is 0 Å². The van der Waals surface area contributed by atoms with Crippen LogP contribution in [-0.4, -0.2) is 24.4 Å². The third-order valence-corrected chi connectivity index (χ3v) is 0. The van der Waals surface area contributed by atoms with E-state index in [1.807, 2.05) is 0 Å². The van der Waals surface area contributed by atoms with Crippen molar-refractivity contribution in [3.63, 3.8) is 0 Å². The molecule has 0 aromatic carbocycles. The maximum absolute atomic E-state index is 0. The van der Waals surface area contributed by atoms with Gasteiger partial charge in [0, 0.05) is 0 Å². The van der Waals surface area contributed by atoms with E-state index >= 15 is 0 Å². The molecule has 0 spiro atoms. The minimum absolute atomic E-state index is 0.